The molecule has 3 heteroatoms. The molecule has 0 nitrogen and oxygen atoms in total. The fourth-order valence-corrected chi connectivity index (χ4v) is 10.5. The average molecular weight is 475 g/mol. The first-order chi connectivity index (χ1) is 13.1. The molecule has 6 rings (SSSR count). The Morgan fingerprint density at radius 1 is 0.929 bits per heavy atom. The summed E-state index contributed by atoms with van der Waals surface area (Å²) in [6, 6.07) is 23.4. The van der Waals surface area contributed by atoms with Gasteiger partial charge in [0.05, 0.1) is 0 Å². The number of thioether (sulfide) groups is 1. The molecule has 1 fully saturated rings. The summed E-state index contributed by atoms with van der Waals surface area (Å²) in [5.41, 5.74) is 2.60. The predicted octanol–water partition coefficient (Wildman–Crippen LogP) is 7.47. The van der Waals surface area contributed by atoms with Gasteiger partial charge in [-0.3, -0.25) is 0 Å². The second-order valence-corrected chi connectivity index (χ2v) is 13.7. The molecule has 3 aliphatic rings. The van der Waals surface area contributed by atoms with Gasteiger partial charge in [0.1, 0.15) is 8.07 Å². The third kappa shape index (κ3) is 3.03. The van der Waals surface area contributed by atoms with Crippen LogP contribution in [0.15, 0.2) is 99.1 Å². The van der Waals surface area contributed by atoms with E-state index >= 15 is 0 Å². The van der Waals surface area contributed by atoms with Gasteiger partial charge in [-0.15, -0.1) is 29.0 Å². The Morgan fingerprint density at radius 3 is 2.50 bits per heavy atom. The van der Waals surface area contributed by atoms with Gasteiger partial charge in [-0.2, -0.15) is 12.1 Å². The van der Waals surface area contributed by atoms with Gasteiger partial charge >= 0.3 is 0 Å². The number of allylic oxidation sites excluding steroid dienone is 6. The molecule has 1 aliphatic carbocycles. The minimum Gasteiger partial charge on any atom is -0.168 e. The Morgan fingerprint density at radius 2 is 1.71 bits per heavy atom. The zero-order valence-corrected chi connectivity index (χ0v) is 20.8. The molecule has 1 unspecified atom stereocenters. The molecule has 2 aliphatic heterocycles. The van der Waals surface area contributed by atoms with E-state index in [-0.39, 0.29) is 26.2 Å². The molecule has 0 radical (unpaired) electrons. The van der Waals surface area contributed by atoms with Gasteiger partial charge in [-0.25, -0.2) is 0 Å². The second-order valence-electron chi connectivity index (χ2n) is 8.02. The predicted molar refractivity (Wildman–Crippen MR) is 122 cm³/mol. The summed E-state index contributed by atoms with van der Waals surface area (Å²) in [5, 5.41) is 6.25. The Labute approximate surface area is 191 Å². The van der Waals surface area contributed by atoms with E-state index in [2.05, 4.69) is 98.9 Å². The van der Waals surface area contributed by atoms with Gasteiger partial charge in [0.25, 0.3) is 0 Å². The summed E-state index contributed by atoms with van der Waals surface area (Å²) in [5.74, 6) is 0.789. The molecule has 0 bridgehead atoms. The summed E-state index contributed by atoms with van der Waals surface area (Å²) in [6.07, 6.45) is 4.72. The van der Waals surface area contributed by atoms with Crippen LogP contribution in [0.4, 0.5) is 0 Å². The van der Waals surface area contributed by atoms with Crippen LogP contribution >= 0.6 is 11.8 Å². The molecule has 0 saturated carbocycles. The number of hydrogen-bond donors (Lipinski definition) is 0. The first-order valence-electron chi connectivity index (χ1n) is 9.58. The van der Waals surface area contributed by atoms with Crippen LogP contribution in [0.25, 0.3) is 21.9 Å². The van der Waals surface area contributed by atoms with Gasteiger partial charge in [-0.1, -0.05) is 89.4 Å². The van der Waals surface area contributed by atoms with E-state index in [0.29, 0.717) is 0 Å². The monoisotopic (exact) mass is 473 g/mol. The van der Waals surface area contributed by atoms with E-state index in [1.54, 1.807) is 15.0 Å². The first-order valence-corrected chi connectivity index (χ1v) is 13.4. The van der Waals surface area contributed by atoms with Crippen molar-refractivity contribution in [3.05, 3.63) is 99.1 Å². The van der Waals surface area contributed by atoms with Crippen LogP contribution in [-0.2, 0) is 26.2 Å². The molecule has 28 heavy (non-hydrogen) atoms. The van der Waals surface area contributed by atoms with Gasteiger partial charge in [-0.05, 0) is 22.3 Å². The molecule has 138 valence electrons. The third-order valence-electron chi connectivity index (χ3n) is 6.12. The Balaban J connectivity index is 0.000000135. The minimum absolute atomic E-state index is 0. The van der Waals surface area contributed by atoms with Crippen molar-refractivity contribution in [1.82, 2.24) is 0 Å². The van der Waals surface area contributed by atoms with E-state index in [1.807, 2.05) is 17.0 Å². The van der Waals surface area contributed by atoms with Crippen molar-refractivity contribution in [2.24, 2.45) is 5.92 Å². The van der Waals surface area contributed by atoms with E-state index in [0.717, 1.165) is 5.92 Å². The van der Waals surface area contributed by atoms with Crippen molar-refractivity contribution in [3.63, 3.8) is 0 Å². The molecule has 1 atom stereocenters. The van der Waals surface area contributed by atoms with Crippen LogP contribution in [0, 0.1) is 5.92 Å². The summed E-state index contributed by atoms with van der Waals surface area (Å²) in [6.45, 7) is 7.26. The normalized spacial score (nSPS) is 20.5. The van der Waals surface area contributed by atoms with Gasteiger partial charge in [0, 0.05) is 32.1 Å². The zero-order chi connectivity index (χ0) is 18.6. The molecule has 0 amide bonds. The Kier molecular flexibility index (Phi) is 5.37. The summed E-state index contributed by atoms with van der Waals surface area (Å²) >= 11 is 2.01. The molecular weight excluding hydrogens is 452 g/mol. The van der Waals surface area contributed by atoms with Gasteiger partial charge in [0.15, 0.2) is 0 Å². The molecule has 0 spiro atoms. The van der Waals surface area contributed by atoms with Crippen molar-refractivity contribution < 1.29 is 26.2 Å². The average Bonchev–Trinajstić information content (AvgIpc) is 3.34. The number of fused-ring (bicyclic) bond motifs is 1. The summed E-state index contributed by atoms with van der Waals surface area (Å²) < 4.78 is 0. The number of benzene rings is 2. The molecule has 3 aromatic rings. The standard InChI is InChI=1S/C15H11.C10H12SSi.Zr/c1-2-6-12(7-3-1)14-10-4-8-13-9-5-11-15(13)14;1-6-10-9-7(11-6)4-5-8(9)12(10,2)3;/h1-11H;4-5,9H,1-3H3;/q-1;;. The van der Waals surface area contributed by atoms with Crippen LogP contribution in [-0.4, -0.2) is 8.07 Å². The van der Waals surface area contributed by atoms with Crippen molar-refractivity contribution in [2.75, 3.05) is 0 Å². The Bertz CT molecular complexity index is 1130. The SMILES string of the molecule is CC1=C2C3C(=CC=C3[Si]2(C)C)S1.[Zr].c1ccc(-c2cccc3[cH-]ccc23)cc1. The van der Waals surface area contributed by atoms with E-state index < -0.39 is 8.07 Å². The van der Waals surface area contributed by atoms with Crippen LogP contribution in [0.2, 0.25) is 13.1 Å². The van der Waals surface area contributed by atoms with Crippen molar-refractivity contribution in [3.8, 4) is 11.1 Å². The summed E-state index contributed by atoms with van der Waals surface area (Å²) in [7, 11) is -1.06. The van der Waals surface area contributed by atoms with Crippen molar-refractivity contribution in [2.45, 2.75) is 20.0 Å². The molecule has 1 saturated heterocycles. The molecule has 3 aromatic carbocycles. The zero-order valence-electron chi connectivity index (χ0n) is 16.5. The number of rotatable bonds is 1. The van der Waals surface area contributed by atoms with E-state index in [4.69, 9.17) is 0 Å². The van der Waals surface area contributed by atoms with Crippen molar-refractivity contribution in [1.29, 1.82) is 0 Å². The second kappa shape index (κ2) is 7.52. The molecule has 0 N–H and O–H groups in total. The molecular formula is C25H23SSiZr-. The van der Waals surface area contributed by atoms with Crippen LogP contribution in [0.1, 0.15) is 6.92 Å². The number of hydrogen-bond acceptors (Lipinski definition) is 1. The summed E-state index contributed by atoms with van der Waals surface area (Å²) in [4.78, 5) is 3.21. The molecule has 2 heterocycles. The quantitative estimate of drug-likeness (QED) is 0.260. The van der Waals surface area contributed by atoms with Crippen LogP contribution < -0.4 is 0 Å². The largest absolute Gasteiger partial charge is 0.168 e. The Hall–Kier alpha value is -1.28. The third-order valence-corrected chi connectivity index (χ3v) is 11.3. The van der Waals surface area contributed by atoms with Crippen LogP contribution in [0.3, 0.4) is 0 Å². The maximum absolute atomic E-state index is 2.48. The topological polar surface area (TPSA) is 0 Å². The van der Waals surface area contributed by atoms with Gasteiger partial charge < -0.3 is 0 Å². The van der Waals surface area contributed by atoms with Crippen molar-refractivity contribution >= 4 is 30.6 Å². The maximum atomic E-state index is 2.48. The van der Waals surface area contributed by atoms with E-state index in [1.165, 1.54) is 21.9 Å². The van der Waals surface area contributed by atoms with Gasteiger partial charge in [0.2, 0.25) is 0 Å². The van der Waals surface area contributed by atoms with Crippen LogP contribution in [0.5, 0.6) is 0 Å². The smallest absolute Gasteiger partial charge is 0.106 e. The molecule has 0 aromatic heterocycles. The minimum atomic E-state index is -1.06. The fraction of sp³-hybridized carbons (Fsp3) is 0.160. The first kappa shape index (κ1) is 20.0. The van der Waals surface area contributed by atoms with E-state index in [9.17, 15) is 0 Å². The maximum Gasteiger partial charge on any atom is 0.106 e. The fourth-order valence-electron chi connectivity index (χ4n) is 4.82.